The molecule has 3 heterocycles. The molecular formula is C21H23N3O4. The first kappa shape index (κ1) is 18.5. The van der Waals surface area contributed by atoms with Crippen molar-refractivity contribution in [3.63, 3.8) is 0 Å². The van der Waals surface area contributed by atoms with Gasteiger partial charge in [0, 0.05) is 24.7 Å². The van der Waals surface area contributed by atoms with E-state index in [0.717, 1.165) is 43.0 Å². The Morgan fingerprint density at radius 3 is 2.96 bits per heavy atom. The first-order valence-electron chi connectivity index (χ1n) is 9.42. The largest absolute Gasteiger partial charge is 0.489 e. The molecule has 0 atom stereocenters. The van der Waals surface area contributed by atoms with Crippen LogP contribution in [0.25, 0.3) is 10.9 Å². The lowest BCUT2D eigenvalue weighted by atomic mass is 10.2. The van der Waals surface area contributed by atoms with E-state index in [2.05, 4.69) is 15.2 Å². The minimum atomic E-state index is -0.170. The highest BCUT2D eigenvalue weighted by molar-refractivity contribution is 5.94. The van der Waals surface area contributed by atoms with Crippen molar-refractivity contribution in [1.82, 2.24) is 15.2 Å². The maximum absolute atomic E-state index is 12.3. The van der Waals surface area contributed by atoms with Gasteiger partial charge in [0.05, 0.1) is 31.9 Å². The summed E-state index contributed by atoms with van der Waals surface area (Å²) in [5.74, 6) is 1.32. The molecular weight excluding hydrogens is 358 g/mol. The van der Waals surface area contributed by atoms with Crippen molar-refractivity contribution < 1.29 is 18.7 Å². The van der Waals surface area contributed by atoms with E-state index in [1.807, 2.05) is 30.3 Å². The van der Waals surface area contributed by atoms with Crippen molar-refractivity contribution in [2.45, 2.75) is 6.54 Å². The molecule has 2 aromatic heterocycles. The standard InChI is InChI=1S/C21H23N3O4/c25-21(17-13-18(28-15-17)14-24-8-11-26-12-9-24)23-7-10-27-19-5-1-3-16-4-2-6-22-20(16)19/h1-6,13,15H,7-12,14H2,(H,23,25). The molecule has 1 saturated heterocycles. The Hall–Kier alpha value is -2.90. The molecule has 7 heteroatoms. The van der Waals surface area contributed by atoms with Crippen molar-refractivity contribution in [3.05, 3.63) is 60.2 Å². The molecule has 3 aromatic rings. The van der Waals surface area contributed by atoms with Crippen LogP contribution in [0.4, 0.5) is 0 Å². The summed E-state index contributed by atoms with van der Waals surface area (Å²) < 4.78 is 16.7. The van der Waals surface area contributed by atoms with Crippen LogP contribution in [0.1, 0.15) is 16.1 Å². The highest BCUT2D eigenvalue weighted by Gasteiger charge is 2.15. The summed E-state index contributed by atoms with van der Waals surface area (Å²) in [4.78, 5) is 18.9. The maximum Gasteiger partial charge on any atom is 0.254 e. The quantitative estimate of drug-likeness (QED) is 0.634. The van der Waals surface area contributed by atoms with Gasteiger partial charge in [-0.05, 0) is 18.2 Å². The smallest absolute Gasteiger partial charge is 0.254 e. The number of nitrogens with zero attached hydrogens (tertiary/aromatic N) is 2. The molecule has 146 valence electrons. The fourth-order valence-corrected chi connectivity index (χ4v) is 3.18. The zero-order valence-corrected chi connectivity index (χ0v) is 15.6. The number of para-hydroxylation sites is 1. The lowest BCUT2D eigenvalue weighted by Gasteiger charge is -2.25. The number of carbonyl (C=O) groups excluding carboxylic acids is 1. The average molecular weight is 381 g/mol. The van der Waals surface area contributed by atoms with E-state index >= 15 is 0 Å². The normalized spacial score (nSPS) is 14.9. The summed E-state index contributed by atoms with van der Waals surface area (Å²) in [6, 6.07) is 11.5. The molecule has 1 aromatic carbocycles. The Bertz CT molecular complexity index is 929. The van der Waals surface area contributed by atoms with Crippen LogP contribution in [0.3, 0.4) is 0 Å². The predicted molar refractivity (Wildman–Crippen MR) is 104 cm³/mol. The third-order valence-electron chi connectivity index (χ3n) is 4.64. The minimum Gasteiger partial charge on any atom is -0.489 e. The van der Waals surface area contributed by atoms with Crippen LogP contribution in [0.5, 0.6) is 5.75 Å². The molecule has 0 aliphatic carbocycles. The summed E-state index contributed by atoms with van der Waals surface area (Å²) in [5.41, 5.74) is 1.34. The first-order chi connectivity index (χ1) is 13.8. The van der Waals surface area contributed by atoms with Crippen LogP contribution < -0.4 is 10.1 Å². The van der Waals surface area contributed by atoms with Crippen molar-refractivity contribution in [2.24, 2.45) is 0 Å². The highest BCUT2D eigenvalue weighted by Crippen LogP contribution is 2.22. The Labute approximate surface area is 163 Å². The monoisotopic (exact) mass is 381 g/mol. The molecule has 4 rings (SSSR count). The number of pyridine rings is 1. The van der Waals surface area contributed by atoms with Gasteiger partial charge in [-0.1, -0.05) is 18.2 Å². The second kappa shape index (κ2) is 8.86. The Morgan fingerprint density at radius 2 is 2.07 bits per heavy atom. The molecule has 0 bridgehead atoms. The van der Waals surface area contributed by atoms with Crippen LogP contribution in [0.2, 0.25) is 0 Å². The molecule has 1 N–H and O–H groups in total. The minimum absolute atomic E-state index is 0.170. The number of nitrogens with one attached hydrogen (secondary N) is 1. The number of hydrogen-bond acceptors (Lipinski definition) is 6. The molecule has 1 fully saturated rings. The SMILES string of the molecule is O=C(NCCOc1cccc2cccnc12)c1coc(CN2CCOCC2)c1. The van der Waals surface area contributed by atoms with Gasteiger partial charge in [0.25, 0.3) is 5.91 Å². The maximum atomic E-state index is 12.3. The zero-order chi connectivity index (χ0) is 19.2. The fraction of sp³-hybridized carbons (Fsp3) is 0.333. The second-order valence-electron chi connectivity index (χ2n) is 6.63. The summed E-state index contributed by atoms with van der Waals surface area (Å²) >= 11 is 0. The molecule has 1 amide bonds. The van der Waals surface area contributed by atoms with E-state index in [-0.39, 0.29) is 5.91 Å². The number of rotatable bonds is 7. The zero-order valence-electron chi connectivity index (χ0n) is 15.6. The van der Waals surface area contributed by atoms with Gasteiger partial charge in [-0.2, -0.15) is 0 Å². The number of fused-ring (bicyclic) bond motifs is 1. The number of benzene rings is 1. The molecule has 0 saturated carbocycles. The van der Waals surface area contributed by atoms with E-state index in [1.165, 1.54) is 6.26 Å². The third kappa shape index (κ3) is 4.49. The molecule has 7 nitrogen and oxygen atoms in total. The van der Waals surface area contributed by atoms with Crippen molar-refractivity contribution in [3.8, 4) is 5.75 Å². The van der Waals surface area contributed by atoms with Gasteiger partial charge >= 0.3 is 0 Å². The number of carbonyl (C=O) groups is 1. The van der Waals surface area contributed by atoms with E-state index < -0.39 is 0 Å². The van der Waals surface area contributed by atoms with Gasteiger partial charge in [0.1, 0.15) is 29.9 Å². The Morgan fingerprint density at radius 1 is 1.21 bits per heavy atom. The first-order valence-corrected chi connectivity index (χ1v) is 9.42. The summed E-state index contributed by atoms with van der Waals surface area (Å²) in [5, 5.41) is 3.88. The fourth-order valence-electron chi connectivity index (χ4n) is 3.18. The third-order valence-corrected chi connectivity index (χ3v) is 4.64. The number of morpholine rings is 1. The predicted octanol–water partition coefficient (Wildman–Crippen LogP) is 2.47. The van der Waals surface area contributed by atoms with Gasteiger partial charge < -0.3 is 19.2 Å². The van der Waals surface area contributed by atoms with Crippen molar-refractivity contribution in [1.29, 1.82) is 0 Å². The van der Waals surface area contributed by atoms with Crippen LogP contribution in [-0.2, 0) is 11.3 Å². The van der Waals surface area contributed by atoms with Gasteiger partial charge in [0.15, 0.2) is 0 Å². The molecule has 28 heavy (non-hydrogen) atoms. The molecule has 1 aliphatic rings. The number of amides is 1. The topological polar surface area (TPSA) is 76.8 Å². The van der Waals surface area contributed by atoms with Gasteiger partial charge in [-0.25, -0.2) is 0 Å². The van der Waals surface area contributed by atoms with Crippen LogP contribution in [0.15, 0.2) is 53.3 Å². The summed E-state index contributed by atoms with van der Waals surface area (Å²) in [7, 11) is 0. The van der Waals surface area contributed by atoms with Crippen LogP contribution >= 0.6 is 0 Å². The van der Waals surface area contributed by atoms with Crippen molar-refractivity contribution in [2.75, 3.05) is 39.5 Å². The molecule has 0 unspecified atom stereocenters. The molecule has 0 spiro atoms. The Kier molecular flexibility index (Phi) is 5.84. The van der Waals surface area contributed by atoms with Crippen molar-refractivity contribution >= 4 is 16.8 Å². The number of aromatic nitrogens is 1. The van der Waals surface area contributed by atoms with E-state index in [4.69, 9.17) is 13.9 Å². The molecule has 0 radical (unpaired) electrons. The number of ether oxygens (including phenoxy) is 2. The van der Waals surface area contributed by atoms with Gasteiger partial charge in [-0.3, -0.25) is 14.7 Å². The van der Waals surface area contributed by atoms with E-state index in [0.29, 0.717) is 31.0 Å². The number of hydrogen-bond donors (Lipinski definition) is 1. The van der Waals surface area contributed by atoms with E-state index in [1.54, 1.807) is 12.3 Å². The molecule has 1 aliphatic heterocycles. The van der Waals surface area contributed by atoms with E-state index in [9.17, 15) is 4.79 Å². The van der Waals surface area contributed by atoms with Crippen LogP contribution in [-0.4, -0.2) is 55.2 Å². The summed E-state index contributed by atoms with van der Waals surface area (Å²) in [6.07, 6.45) is 3.24. The highest BCUT2D eigenvalue weighted by atomic mass is 16.5. The van der Waals surface area contributed by atoms with Gasteiger partial charge in [0.2, 0.25) is 0 Å². The van der Waals surface area contributed by atoms with Gasteiger partial charge in [-0.15, -0.1) is 0 Å². The summed E-state index contributed by atoms with van der Waals surface area (Å²) in [6.45, 7) is 4.67. The average Bonchev–Trinajstić information content (AvgIpc) is 3.20. The Balaban J connectivity index is 1.25. The van der Waals surface area contributed by atoms with Crippen LogP contribution in [0, 0.1) is 0 Å². The second-order valence-corrected chi connectivity index (χ2v) is 6.63. The lowest BCUT2D eigenvalue weighted by molar-refractivity contribution is 0.0313. The lowest BCUT2D eigenvalue weighted by Crippen LogP contribution is -2.35. The number of furan rings is 1.